The van der Waals surface area contributed by atoms with E-state index in [1.54, 1.807) is 12.1 Å². The van der Waals surface area contributed by atoms with Gasteiger partial charge in [0.15, 0.2) is 0 Å². The minimum Gasteiger partial charge on any atom is -0.481 e. The van der Waals surface area contributed by atoms with Gasteiger partial charge in [0.1, 0.15) is 5.82 Å². The third kappa shape index (κ3) is 4.28. The van der Waals surface area contributed by atoms with E-state index in [0.29, 0.717) is 31.2 Å². The molecule has 2 rings (SSSR count). The highest BCUT2D eigenvalue weighted by molar-refractivity contribution is 5.79. The van der Waals surface area contributed by atoms with Gasteiger partial charge in [0.2, 0.25) is 5.91 Å². The highest BCUT2D eigenvalue weighted by Gasteiger charge is 2.26. The predicted molar refractivity (Wildman–Crippen MR) is 76.4 cm³/mol. The maximum Gasteiger partial charge on any atom is 0.306 e. The van der Waals surface area contributed by atoms with Crippen molar-refractivity contribution in [2.24, 2.45) is 5.92 Å². The molecule has 0 bridgehead atoms. The maximum atomic E-state index is 13.6. The second kappa shape index (κ2) is 6.70. The number of amides is 1. The number of carboxylic acids is 1. The van der Waals surface area contributed by atoms with Gasteiger partial charge in [0.25, 0.3) is 0 Å². The van der Waals surface area contributed by atoms with Crippen molar-refractivity contribution < 1.29 is 19.1 Å². The molecule has 5 heteroatoms. The molecule has 1 aliphatic rings. The lowest BCUT2D eigenvalue weighted by molar-refractivity contribution is -0.142. The van der Waals surface area contributed by atoms with Crippen molar-refractivity contribution in [2.75, 3.05) is 0 Å². The van der Waals surface area contributed by atoms with Crippen LogP contribution in [0.1, 0.15) is 36.8 Å². The molecule has 1 aliphatic carbocycles. The van der Waals surface area contributed by atoms with E-state index in [1.807, 2.05) is 6.92 Å². The summed E-state index contributed by atoms with van der Waals surface area (Å²) in [4.78, 5) is 22.8. The lowest BCUT2D eigenvalue weighted by Crippen LogP contribution is -2.39. The van der Waals surface area contributed by atoms with Crippen molar-refractivity contribution in [3.8, 4) is 0 Å². The lowest BCUT2D eigenvalue weighted by atomic mass is 9.86. The van der Waals surface area contributed by atoms with Crippen LogP contribution in [0, 0.1) is 18.7 Å². The third-order valence-electron chi connectivity index (χ3n) is 3.99. The Kier molecular flexibility index (Phi) is 4.94. The molecule has 0 atom stereocenters. The van der Waals surface area contributed by atoms with Crippen LogP contribution in [0.3, 0.4) is 0 Å². The topological polar surface area (TPSA) is 66.4 Å². The molecule has 21 heavy (non-hydrogen) atoms. The first-order valence-electron chi connectivity index (χ1n) is 7.23. The van der Waals surface area contributed by atoms with Crippen LogP contribution in [0.25, 0.3) is 0 Å². The zero-order valence-electron chi connectivity index (χ0n) is 12.1. The molecule has 1 saturated carbocycles. The molecule has 1 fully saturated rings. The van der Waals surface area contributed by atoms with Crippen molar-refractivity contribution in [3.05, 3.63) is 35.1 Å². The number of benzene rings is 1. The summed E-state index contributed by atoms with van der Waals surface area (Å²) in [5.74, 6) is -1.64. The smallest absolute Gasteiger partial charge is 0.306 e. The first-order chi connectivity index (χ1) is 9.95. The quantitative estimate of drug-likeness (QED) is 0.896. The monoisotopic (exact) mass is 293 g/mol. The molecule has 0 aliphatic heterocycles. The molecular weight excluding hydrogens is 273 g/mol. The molecule has 0 heterocycles. The van der Waals surface area contributed by atoms with Crippen LogP contribution in [0.4, 0.5) is 4.39 Å². The van der Waals surface area contributed by atoms with E-state index in [1.165, 1.54) is 6.07 Å². The summed E-state index contributed by atoms with van der Waals surface area (Å²) in [7, 11) is 0. The molecule has 1 aromatic carbocycles. The van der Waals surface area contributed by atoms with E-state index in [0.717, 1.165) is 5.56 Å². The van der Waals surface area contributed by atoms with Gasteiger partial charge in [0.05, 0.1) is 12.3 Å². The molecule has 0 aromatic heterocycles. The van der Waals surface area contributed by atoms with Gasteiger partial charge in [-0.3, -0.25) is 9.59 Å². The number of carboxylic acid groups (broad SMARTS) is 1. The van der Waals surface area contributed by atoms with Gasteiger partial charge in [-0.2, -0.15) is 0 Å². The normalized spacial score (nSPS) is 21.8. The highest BCUT2D eigenvalue weighted by atomic mass is 19.1. The summed E-state index contributed by atoms with van der Waals surface area (Å²) >= 11 is 0. The van der Waals surface area contributed by atoms with E-state index >= 15 is 0 Å². The van der Waals surface area contributed by atoms with Crippen molar-refractivity contribution in [3.63, 3.8) is 0 Å². The molecule has 114 valence electrons. The number of hydrogen-bond acceptors (Lipinski definition) is 2. The van der Waals surface area contributed by atoms with Gasteiger partial charge in [-0.15, -0.1) is 0 Å². The zero-order valence-corrected chi connectivity index (χ0v) is 12.1. The van der Waals surface area contributed by atoms with Crippen molar-refractivity contribution in [1.29, 1.82) is 0 Å². The summed E-state index contributed by atoms with van der Waals surface area (Å²) in [6, 6.07) is 4.72. The number of nitrogens with one attached hydrogen (secondary N) is 1. The minimum atomic E-state index is -0.762. The standard InChI is InChI=1S/C16H20FNO3/c1-10-2-7-14(17)12(8-10)9-15(19)18-13-5-3-11(4-6-13)16(20)21/h2,7-8,11,13H,3-6,9H2,1H3,(H,18,19)(H,20,21). The number of carbonyl (C=O) groups excluding carboxylic acids is 1. The molecule has 0 saturated heterocycles. The van der Waals surface area contributed by atoms with Gasteiger partial charge in [-0.25, -0.2) is 4.39 Å². The van der Waals surface area contributed by atoms with E-state index in [-0.39, 0.29) is 30.1 Å². The average molecular weight is 293 g/mol. The van der Waals surface area contributed by atoms with Crippen molar-refractivity contribution >= 4 is 11.9 Å². The second-order valence-electron chi connectivity index (χ2n) is 5.73. The van der Waals surface area contributed by atoms with E-state index in [2.05, 4.69) is 5.32 Å². The molecule has 4 nitrogen and oxygen atoms in total. The summed E-state index contributed by atoms with van der Waals surface area (Å²) < 4.78 is 13.6. The summed E-state index contributed by atoms with van der Waals surface area (Å²) in [6.45, 7) is 1.86. The molecule has 0 radical (unpaired) electrons. The Morgan fingerprint density at radius 3 is 2.57 bits per heavy atom. The molecule has 2 N–H and O–H groups in total. The van der Waals surface area contributed by atoms with Crippen LogP contribution in [0.2, 0.25) is 0 Å². The van der Waals surface area contributed by atoms with Gasteiger partial charge in [0, 0.05) is 6.04 Å². The fourth-order valence-electron chi connectivity index (χ4n) is 2.78. The molecule has 0 unspecified atom stereocenters. The van der Waals surface area contributed by atoms with Crippen LogP contribution in [0.15, 0.2) is 18.2 Å². The van der Waals surface area contributed by atoms with Crippen molar-refractivity contribution in [2.45, 2.75) is 45.1 Å². The highest BCUT2D eigenvalue weighted by Crippen LogP contribution is 2.24. The van der Waals surface area contributed by atoms with Gasteiger partial charge < -0.3 is 10.4 Å². The van der Waals surface area contributed by atoms with E-state index in [9.17, 15) is 14.0 Å². The third-order valence-corrected chi connectivity index (χ3v) is 3.99. The summed E-state index contributed by atoms with van der Waals surface area (Å²) in [5, 5.41) is 11.8. The number of aryl methyl sites for hydroxylation is 1. The molecule has 1 aromatic rings. The number of hydrogen-bond donors (Lipinski definition) is 2. The number of rotatable bonds is 4. The Bertz CT molecular complexity index is 536. The zero-order chi connectivity index (χ0) is 15.4. The fraction of sp³-hybridized carbons (Fsp3) is 0.500. The first-order valence-corrected chi connectivity index (χ1v) is 7.23. The van der Waals surface area contributed by atoms with Crippen LogP contribution < -0.4 is 5.32 Å². The van der Waals surface area contributed by atoms with Gasteiger partial charge in [-0.1, -0.05) is 17.7 Å². The van der Waals surface area contributed by atoms with Crippen molar-refractivity contribution in [1.82, 2.24) is 5.32 Å². The van der Waals surface area contributed by atoms with Crippen LogP contribution >= 0.6 is 0 Å². The molecule has 1 amide bonds. The number of aliphatic carboxylic acids is 1. The summed E-state index contributed by atoms with van der Waals surface area (Å²) in [5.41, 5.74) is 1.31. The lowest BCUT2D eigenvalue weighted by Gasteiger charge is -2.26. The van der Waals surface area contributed by atoms with E-state index in [4.69, 9.17) is 5.11 Å². The Balaban J connectivity index is 1.85. The second-order valence-corrected chi connectivity index (χ2v) is 5.73. The van der Waals surface area contributed by atoms with Gasteiger partial charge >= 0.3 is 5.97 Å². The Morgan fingerprint density at radius 1 is 1.29 bits per heavy atom. The van der Waals surface area contributed by atoms with E-state index < -0.39 is 5.97 Å². The Morgan fingerprint density at radius 2 is 1.95 bits per heavy atom. The SMILES string of the molecule is Cc1ccc(F)c(CC(=O)NC2CCC(C(=O)O)CC2)c1. The predicted octanol–water partition coefficient (Wildman–Crippen LogP) is 2.44. The Hall–Kier alpha value is -1.91. The van der Waals surface area contributed by atoms with Crippen LogP contribution in [-0.2, 0) is 16.0 Å². The average Bonchev–Trinajstić information content (AvgIpc) is 2.43. The van der Waals surface area contributed by atoms with Crippen LogP contribution in [0.5, 0.6) is 0 Å². The minimum absolute atomic E-state index is 0.000899. The fourth-order valence-corrected chi connectivity index (χ4v) is 2.78. The van der Waals surface area contributed by atoms with Gasteiger partial charge in [-0.05, 0) is 44.2 Å². The number of halogens is 1. The molecule has 0 spiro atoms. The van der Waals surface area contributed by atoms with Crippen LogP contribution in [-0.4, -0.2) is 23.0 Å². The largest absolute Gasteiger partial charge is 0.481 e. The molecular formula is C16H20FNO3. The summed E-state index contributed by atoms with van der Waals surface area (Å²) in [6.07, 6.45) is 2.52. The number of carbonyl (C=O) groups is 2. The first kappa shape index (κ1) is 15.5. The Labute approximate surface area is 123 Å². The maximum absolute atomic E-state index is 13.6.